The summed E-state index contributed by atoms with van der Waals surface area (Å²) in [4.78, 5) is 0. The van der Waals surface area contributed by atoms with E-state index in [0.29, 0.717) is 18.1 Å². The van der Waals surface area contributed by atoms with Gasteiger partial charge in [0.2, 0.25) is 0 Å². The van der Waals surface area contributed by atoms with Crippen LogP contribution in [0.5, 0.6) is 5.75 Å². The fraction of sp³-hybridized carbons (Fsp3) is 0.500. The molecule has 5 heteroatoms. The Balaban J connectivity index is 1.98. The molecule has 1 saturated heterocycles. The molecule has 0 saturated carbocycles. The van der Waals surface area contributed by atoms with Gasteiger partial charge in [-0.3, -0.25) is 0 Å². The van der Waals surface area contributed by atoms with Gasteiger partial charge in [-0.05, 0) is 31.8 Å². The molecule has 94 valence electrons. The highest BCUT2D eigenvalue weighted by atomic mass is 19.1. The molecule has 0 amide bonds. The van der Waals surface area contributed by atoms with Gasteiger partial charge in [0.25, 0.3) is 0 Å². The zero-order valence-electron chi connectivity index (χ0n) is 9.31. The highest BCUT2D eigenvalue weighted by Gasteiger charge is 2.17. The molecule has 1 aromatic carbocycles. The molecule has 0 unspecified atom stereocenters. The fourth-order valence-electron chi connectivity index (χ4n) is 1.92. The lowest BCUT2D eigenvalue weighted by molar-refractivity contribution is 0.200. The van der Waals surface area contributed by atoms with E-state index in [9.17, 15) is 13.2 Å². The third kappa shape index (κ3) is 3.12. The Kier molecular flexibility index (Phi) is 3.89. The molecular formula is C12H14F3NO. The van der Waals surface area contributed by atoms with Crippen molar-refractivity contribution in [2.24, 2.45) is 5.92 Å². The first-order chi connectivity index (χ1) is 8.16. The van der Waals surface area contributed by atoms with E-state index < -0.39 is 23.2 Å². The summed E-state index contributed by atoms with van der Waals surface area (Å²) in [5, 5.41) is 3.19. The first kappa shape index (κ1) is 12.2. The van der Waals surface area contributed by atoms with Crippen LogP contribution in [0.25, 0.3) is 0 Å². The summed E-state index contributed by atoms with van der Waals surface area (Å²) >= 11 is 0. The number of hydrogen-bond donors (Lipinski definition) is 1. The predicted molar refractivity (Wildman–Crippen MR) is 57.4 cm³/mol. The largest absolute Gasteiger partial charge is 0.487 e. The molecule has 0 spiro atoms. The van der Waals surface area contributed by atoms with Crippen LogP contribution in [-0.2, 0) is 0 Å². The van der Waals surface area contributed by atoms with Crippen LogP contribution in [0.4, 0.5) is 13.2 Å². The smallest absolute Gasteiger partial charge is 0.190 e. The van der Waals surface area contributed by atoms with E-state index in [4.69, 9.17) is 4.74 Å². The minimum absolute atomic E-state index is 0.265. The summed E-state index contributed by atoms with van der Waals surface area (Å²) < 4.78 is 44.3. The van der Waals surface area contributed by atoms with Crippen molar-refractivity contribution >= 4 is 0 Å². The van der Waals surface area contributed by atoms with Gasteiger partial charge in [0, 0.05) is 12.1 Å². The monoisotopic (exact) mass is 245 g/mol. The van der Waals surface area contributed by atoms with E-state index >= 15 is 0 Å². The second kappa shape index (κ2) is 5.40. The predicted octanol–water partition coefficient (Wildman–Crippen LogP) is 2.48. The molecule has 1 fully saturated rings. The van der Waals surface area contributed by atoms with Crippen LogP contribution in [0.1, 0.15) is 12.8 Å². The first-order valence-electron chi connectivity index (χ1n) is 5.65. The number of benzene rings is 1. The molecule has 17 heavy (non-hydrogen) atoms. The van der Waals surface area contributed by atoms with Gasteiger partial charge in [0.15, 0.2) is 17.4 Å². The Morgan fingerprint density at radius 3 is 2.29 bits per heavy atom. The van der Waals surface area contributed by atoms with Crippen LogP contribution in [-0.4, -0.2) is 19.7 Å². The van der Waals surface area contributed by atoms with Gasteiger partial charge in [-0.1, -0.05) is 0 Å². The SMILES string of the molecule is Fc1cc(F)c(OCC2CCNCC2)c(F)c1. The van der Waals surface area contributed by atoms with Crippen molar-refractivity contribution in [1.82, 2.24) is 5.32 Å². The van der Waals surface area contributed by atoms with Crippen LogP contribution in [0.3, 0.4) is 0 Å². The summed E-state index contributed by atoms with van der Waals surface area (Å²) in [6, 6.07) is 1.25. The van der Waals surface area contributed by atoms with E-state index in [-0.39, 0.29) is 6.61 Å². The van der Waals surface area contributed by atoms with Crippen molar-refractivity contribution in [3.63, 3.8) is 0 Å². The Morgan fingerprint density at radius 1 is 1.12 bits per heavy atom. The molecule has 0 atom stereocenters. The zero-order valence-corrected chi connectivity index (χ0v) is 9.31. The topological polar surface area (TPSA) is 21.3 Å². The Morgan fingerprint density at radius 2 is 1.71 bits per heavy atom. The van der Waals surface area contributed by atoms with Gasteiger partial charge in [0.1, 0.15) is 5.82 Å². The number of nitrogens with one attached hydrogen (secondary N) is 1. The maximum atomic E-state index is 13.2. The fourth-order valence-corrected chi connectivity index (χ4v) is 1.92. The summed E-state index contributed by atoms with van der Waals surface area (Å²) in [6.07, 6.45) is 1.84. The van der Waals surface area contributed by atoms with Crippen molar-refractivity contribution in [1.29, 1.82) is 0 Å². The summed E-state index contributed by atoms with van der Waals surface area (Å²) in [5.41, 5.74) is 0. The van der Waals surface area contributed by atoms with E-state index in [1.165, 1.54) is 0 Å². The summed E-state index contributed by atoms with van der Waals surface area (Å²) in [7, 11) is 0. The van der Waals surface area contributed by atoms with Crippen molar-refractivity contribution in [2.75, 3.05) is 19.7 Å². The van der Waals surface area contributed by atoms with Crippen molar-refractivity contribution < 1.29 is 17.9 Å². The van der Waals surface area contributed by atoms with Gasteiger partial charge in [-0.2, -0.15) is 0 Å². The minimum atomic E-state index is -0.989. The lowest BCUT2D eigenvalue weighted by Gasteiger charge is -2.22. The van der Waals surface area contributed by atoms with Crippen molar-refractivity contribution in [2.45, 2.75) is 12.8 Å². The molecule has 2 nitrogen and oxygen atoms in total. The highest BCUT2D eigenvalue weighted by molar-refractivity contribution is 5.26. The van der Waals surface area contributed by atoms with Gasteiger partial charge < -0.3 is 10.1 Å². The molecule has 0 aliphatic carbocycles. The third-order valence-corrected chi connectivity index (χ3v) is 2.89. The van der Waals surface area contributed by atoms with Gasteiger partial charge in [-0.15, -0.1) is 0 Å². The maximum absolute atomic E-state index is 13.2. The molecular weight excluding hydrogens is 231 g/mol. The highest BCUT2D eigenvalue weighted by Crippen LogP contribution is 2.24. The Hall–Kier alpha value is -1.23. The summed E-state index contributed by atoms with van der Waals surface area (Å²) in [5.74, 6) is -3.10. The molecule has 0 bridgehead atoms. The normalized spacial score (nSPS) is 17.1. The Bertz CT molecular complexity index is 368. The van der Waals surface area contributed by atoms with Crippen LogP contribution < -0.4 is 10.1 Å². The van der Waals surface area contributed by atoms with Crippen LogP contribution in [0.15, 0.2) is 12.1 Å². The quantitative estimate of drug-likeness (QED) is 0.883. The van der Waals surface area contributed by atoms with Crippen LogP contribution in [0.2, 0.25) is 0 Å². The number of ether oxygens (including phenoxy) is 1. The van der Waals surface area contributed by atoms with E-state index in [2.05, 4.69) is 5.32 Å². The standard InChI is InChI=1S/C12H14F3NO/c13-9-5-10(14)12(11(15)6-9)17-7-8-1-3-16-4-2-8/h5-6,8,16H,1-4,7H2. The zero-order chi connectivity index (χ0) is 12.3. The minimum Gasteiger partial charge on any atom is -0.487 e. The second-order valence-electron chi connectivity index (χ2n) is 4.20. The van der Waals surface area contributed by atoms with E-state index in [0.717, 1.165) is 25.9 Å². The lowest BCUT2D eigenvalue weighted by Crippen LogP contribution is -2.30. The second-order valence-corrected chi connectivity index (χ2v) is 4.20. The van der Waals surface area contributed by atoms with Gasteiger partial charge in [0.05, 0.1) is 6.61 Å². The van der Waals surface area contributed by atoms with E-state index in [1.54, 1.807) is 0 Å². The molecule has 0 radical (unpaired) electrons. The molecule has 1 heterocycles. The molecule has 1 N–H and O–H groups in total. The van der Waals surface area contributed by atoms with Crippen molar-refractivity contribution in [3.8, 4) is 5.75 Å². The van der Waals surface area contributed by atoms with E-state index in [1.807, 2.05) is 0 Å². The van der Waals surface area contributed by atoms with Crippen LogP contribution >= 0.6 is 0 Å². The van der Waals surface area contributed by atoms with Crippen LogP contribution in [0, 0.1) is 23.4 Å². The molecule has 1 aromatic rings. The van der Waals surface area contributed by atoms with Gasteiger partial charge >= 0.3 is 0 Å². The average molecular weight is 245 g/mol. The first-order valence-corrected chi connectivity index (χ1v) is 5.65. The number of rotatable bonds is 3. The molecule has 0 aromatic heterocycles. The molecule has 1 aliphatic heterocycles. The molecule has 2 rings (SSSR count). The number of piperidine rings is 1. The Labute approximate surface area is 97.8 Å². The molecule has 1 aliphatic rings. The third-order valence-electron chi connectivity index (χ3n) is 2.89. The number of halogens is 3. The van der Waals surface area contributed by atoms with Crippen molar-refractivity contribution in [3.05, 3.63) is 29.6 Å². The lowest BCUT2D eigenvalue weighted by atomic mass is 9.99. The maximum Gasteiger partial charge on any atom is 0.190 e. The van der Waals surface area contributed by atoms with Gasteiger partial charge in [-0.25, -0.2) is 13.2 Å². The average Bonchev–Trinajstić information content (AvgIpc) is 2.29. The number of hydrogen-bond acceptors (Lipinski definition) is 2. The summed E-state index contributed by atoms with van der Waals surface area (Å²) in [6.45, 7) is 2.05.